The first-order valence-electron chi connectivity index (χ1n) is 8.74. The summed E-state index contributed by atoms with van der Waals surface area (Å²) in [5.74, 6) is -1.67. The molecule has 8 heteroatoms. The summed E-state index contributed by atoms with van der Waals surface area (Å²) in [7, 11) is 1.53. The Hall–Kier alpha value is -3.47. The van der Waals surface area contributed by atoms with Gasteiger partial charge in [0.15, 0.2) is 0 Å². The van der Waals surface area contributed by atoms with Gasteiger partial charge in [-0.1, -0.05) is 12.1 Å². The number of ether oxygens (including phenoxy) is 4. The standard InChI is InChI=1S/C20H22N2O6/c1-4-26-16(23)10-15-18(20(24)27-5-2)17(14(11-21)19(22)28-15)12-6-8-13(25-3)9-7-12/h6-9,17H,4-5,10,22H2,1-3H3/t17-/m1/s1. The summed E-state index contributed by atoms with van der Waals surface area (Å²) < 4.78 is 20.7. The van der Waals surface area contributed by atoms with E-state index in [2.05, 4.69) is 0 Å². The van der Waals surface area contributed by atoms with E-state index in [4.69, 9.17) is 24.7 Å². The van der Waals surface area contributed by atoms with Crippen LogP contribution in [0.5, 0.6) is 5.75 Å². The van der Waals surface area contributed by atoms with Crippen molar-refractivity contribution in [3.8, 4) is 11.8 Å². The highest BCUT2D eigenvalue weighted by atomic mass is 16.5. The zero-order valence-corrected chi connectivity index (χ0v) is 16.0. The number of benzene rings is 1. The predicted octanol–water partition coefficient (Wildman–Crippen LogP) is 2.27. The number of rotatable bonds is 7. The summed E-state index contributed by atoms with van der Waals surface area (Å²) in [6.45, 7) is 3.62. The zero-order valence-electron chi connectivity index (χ0n) is 16.0. The Kier molecular flexibility index (Phi) is 7.04. The van der Waals surface area contributed by atoms with E-state index in [1.54, 1.807) is 38.1 Å². The molecular formula is C20H22N2O6. The lowest BCUT2D eigenvalue weighted by Crippen LogP contribution is -2.27. The number of nitrogens with two attached hydrogens (primary N) is 1. The van der Waals surface area contributed by atoms with Gasteiger partial charge in [-0.15, -0.1) is 0 Å². The van der Waals surface area contributed by atoms with Crippen molar-refractivity contribution in [1.82, 2.24) is 0 Å². The van der Waals surface area contributed by atoms with E-state index < -0.39 is 17.9 Å². The Morgan fingerprint density at radius 2 is 1.82 bits per heavy atom. The molecule has 1 aliphatic heterocycles. The first-order chi connectivity index (χ1) is 13.5. The van der Waals surface area contributed by atoms with E-state index in [0.717, 1.165) is 0 Å². The summed E-state index contributed by atoms with van der Waals surface area (Å²) in [4.78, 5) is 24.7. The molecule has 1 aromatic rings. The number of hydrogen-bond acceptors (Lipinski definition) is 8. The van der Waals surface area contributed by atoms with Gasteiger partial charge < -0.3 is 24.7 Å². The van der Waals surface area contributed by atoms with Crippen LogP contribution < -0.4 is 10.5 Å². The Balaban J connectivity index is 2.61. The van der Waals surface area contributed by atoms with Gasteiger partial charge >= 0.3 is 11.9 Å². The number of nitrogens with zero attached hydrogens (tertiary/aromatic N) is 1. The molecule has 2 rings (SSSR count). The normalized spacial score (nSPS) is 16.1. The molecule has 0 bridgehead atoms. The average molecular weight is 386 g/mol. The molecule has 148 valence electrons. The van der Waals surface area contributed by atoms with Crippen molar-refractivity contribution in [3.05, 3.63) is 52.6 Å². The molecule has 0 aromatic heterocycles. The van der Waals surface area contributed by atoms with Gasteiger partial charge in [-0.05, 0) is 31.5 Å². The molecule has 0 saturated heterocycles. The second-order valence-electron chi connectivity index (χ2n) is 5.74. The van der Waals surface area contributed by atoms with Crippen LogP contribution >= 0.6 is 0 Å². The summed E-state index contributed by atoms with van der Waals surface area (Å²) in [5.41, 5.74) is 6.63. The minimum atomic E-state index is -0.840. The van der Waals surface area contributed by atoms with Crippen LogP contribution in [0.25, 0.3) is 0 Å². The van der Waals surface area contributed by atoms with Gasteiger partial charge in [-0.2, -0.15) is 5.26 Å². The van der Waals surface area contributed by atoms with Crippen molar-refractivity contribution < 1.29 is 28.5 Å². The number of nitriles is 1. The largest absolute Gasteiger partial charge is 0.497 e. The van der Waals surface area contributed by atoms with Crippen molar-refractivity contribution >= 4 is 11.9 Å². The zero-order chi connectivity index (χ0) is 20.7. The third kappa shape index (κ3) is 4.43. The molecule has 0 aliphatic carbocycles. The van der Waals surface area contributed by atoms with E-state index in [9.17, 15) is 14.9 Å². The maximum Gasteiger partial charge on any atom is 0.338 e. The van der Waals surface area contributed by atoms with Crippen LogP contribution in [0.4, 0.5) is 0 Å². The summed E-state index contributed by atoms with van der Waals surface area (Å²) in [5, 5.41) is 9.62. The first-order valence-corrected chi connectivity index (χ1v) is 8.74. The average Bonchev–Trinajstić information content (AvgIpc) is 2.68. The molecule has 2 N–H and O–H groups in total. The number of esters is 2. The van der Waals surface area contributed by atoms with E-state index >= 15 is 0 Å². The van der Waals surface area contributed by atoms with Crippen LogP contribution in [0.1, 0.15) is 31.7 Å². The van der Waals surface area contributed by atoms with Gasteiger partial charge in [0.05, 0.1) is 31.8 Å². The first kappa shape index (κ1) is 20.8. The van der Waals surface area contributed by atoms with Gasteiger partial charge in [0.25, 0.3) is 0 Å². The van der Waals surface area contributed by atoms with E-state index in [1.807, 2.05) is 6.07 Å². The molecule has 1 atom stereocenters. The minimum absolute atomic E-state index is 0.00854. The van der Waals surface area contributed by atoms with Crippen LogP contribution in [-0.2, 0) is 23.8 Å². The third-order valence-electron chi connectivity index (χ3n) is 4.05. The lowest BCUT2D eigenvalue weighted by molar-refractivity contribution is -0.143. The molecule has 0 fully saturated rings. The van der Waals surface area contributed by atoms with Gasteiger partial charge in [0.1, 0.15) is 29.6 Å². The van der Waals surface area contributed by atoms with E-state index in [-0.39, 0.29) is 42.4 Å². The highest BCUT2D eigenvalue weighted by Gasteiger charge is 2.38. The van der Waals surface area contributed by atoms with Gasteiger partial charge in [-0.25, -0.2) is 4.79 Å². The highest BCUT2D eigenvalue weighted by Crippen LogP contribution is 2.41. The lowest BCUT2D eigenvalue weighted by atomic mass is 9.82. The number of carbonyl (C=O) groups is 2. The number of carbonyl (C=O) groups excluding carboxylic acids is 2. The Labute approximate surface area is 163 Å². The minimum Gasteiger partial charge on any atom is -0.497 e. The fraction of sp³-hybridized carbons (Fsp3) is 0.350. The molecule has 1 aromatic carbocycles. The molecule has 0 unspecified atom stereocenters. The molecule has 0 radical (unpaired) electrons. The van der Waals surface area contributed by atoms with Crippen molar-refractivity contribution in [2.24, 2.45) is 5.73 Å². The second kappa shape index (κ2) is 9.46. The van der Waals surface area contributed by atoms with Crippen LogP contribution in [-0.4, -0.2) is 32.3 Å². The van der Waals surface area contributed by atoms with Crippen LogP contribution in [0.15, 0.2) is 47.1 Å². The molecule has 1 heterocycles. The summed E-state index contributed by atoms with van der Waals surface area (Å²) in [6.07, 6.45) is -0.311. The molecular weight excluding hydrogens is 364 g/mol. The molecule has 0 saturated carbocycles. The van der Waals surface area contributed by atoms with Crippen molar-refractivity contribution in [3.63, 3.8) is 0 Å². The number of methoxy groups -OCH3 is 1. The predicted molar refractivity (Wildman–Crippen MR) is 98.6 cm³/mol. The van der Waals surface area contributed by atoms with Gasteiger partial charge in [-0.3, -0.25) is 4.79 Å². The SMILES string of the molecule is CCOC(=O)CC1=C(C(=O)OCC)[C@H](c2ccc(OC)cc2)C(C#N)=C(N)O1. The third-order valence-corrected chi connectivity index (χ3v) is 4.05. The summed E-state index contributed by atoms with van der Waals surface area (Å²) in [6, 6.07) is 8.81. The Morgan fingerprint density at radius 3 is 2.36 bits per heavy atom. The van der Waals surface area contributed by atoms with Crippen LogP contribution in [0.2, 0.25) is 0 Å². The van der Waals surface area contributed by atoms with E-state index in [1.165, 1.54) is 7.11 Å². The Bertz CT molecular complexity index is 848. The lowest BCUT2D eigenvalue weighted by Gasteiger charge is -2.28. The molecule has 0 amide bonds. The number of hydrogen-bond donors (Lipinski definition) is 1. The number of allylic oxidation sites excluding steroid dienone is 1. The molecule has 8 nitrogen and oxygen atoms in total. The smallest absolute Gasteiger partial charge is 0.338 e. The summed E-state index contributed by atoms with van der Waals surface area (Å²) >= 11 is 0. The second-order valence-corrected chi connectivity index (χ2v) is 5.74. The van der Waals surface area contributed by atoms with Crippen molar-refractivity contribution in [2.75, 3.05) is 20.3 Å². The molecule has 28 heavy (non-hydrogen) atoms. The fourth-order valence-electron chi connectivity index (χ4n) is 2.85. The highest BCUT2D eigenvalue weighted by molar-refractivity contribution is 5.93. The van der Waals surface area contributed by atoms with Gasteiger partial charge in [0.2, 0.25) is 5.88 Å². The van der Waals surface area contributed by atoms with Crippen LogP contribution in [0.3, 0.4) is 0 Å². The monoisotopic (exact) mass is 386 g/mol. The maximum absolute atomic E-state index is 12.7. The topological polar surface area (TPSA) is 121 Å². The Morgan fingerprint density at radius 1 is 1.18 bits per heavy atom. The molecule has 1 aliphatic rings. The van der Waals surface area contributed by atoms with Crippen LogP contribution in [0, 0.1) is 11.3 Å². The van der Waals surface area contributed by atoms with Crippen molar-refractivity contribution in [1.29, 1.82) is 5.26 Å². The van der Waals surface area contributed by atoms with E-state index in [0.29, 0.717) is 11.3 Å². The maximum atomic E-state index is 12.7. The fourth-order valence-corrected chi connectivity index (χ4v) is 2.85. The quantitative estimate of drug-likeness (QED) is 0.709. The van der Waals surface area contributed by atoms with Crippen molar-refractivity contribution in [2.45, 2.75) is 26.2 Å². The van der Waals surface area contributed by atoms with Gasteiger partial charge in [0, 0.05) is 0 Å². The molecule has 0 spiro atoms.